The summed E-state index contributed by atoms with van der Waals surface area (Å²) in [5.41, 5.74) is 1.34. The summed E-state index contributed by atoms with van der Waals surface area (Å²) in [6, 6.07) is 13.3. The van der Waals surface area contributed by atoms with E-state index in [1.807, 2.05) is 43.3 Å². The summed E-state index contributed by atoms with van der Waals surface area (Å²) in [4.78, 5) is 25.4. The minimum Gasteiger partial charge on any atom is -0.461 e. The summed E-state index contributed by atoms with van der Waals surface area (Å²) in [5.74, 6) is -1.37. The SMILES string of the molecule is C=C(C)COC(=O)C(CCCC)C(=O)c1cccc2ccccc12. The first-order valence-electron chi connectivity index (χ1n) is 8.37. The molecule has 1 unspecified atom stereocenters. The van der Waals surface area contributed by atoms with E-state index in [9.17, 15) is 9.59 Å². The van der Waals surface area contributed by atoms with Crippen LogP contribution in [-0.4, -0.2) is 18.4 Å². The molecule has 0 aliphatic heterocycles. The molecule has 0 aromatic heterocycles. The van der Waals surface area contributed by atoms with Gasteiger partial charge in [-0.05, 0) is 29.7 Å². The Morgan fingerprint density at radius 2 is 1.83 bits per heavy atom. The number of fused-ring (bicyclic) bond motifs is 1. The monoisotopic (exact) mass is 324 g/mol. The van der Waals surface area contributed by atoms with Crippen molar-refractivity contribution in [3.63, 3.8) is 0 Å². The number of benzene rings is 2. The average Bonchev–Trinajstić information content (AvgIpc) is 2.59. The minimum atomic E-state index is -0.755. The predicted molar refractivity (Wildman–Crippen MR) is 97.1 cm³/mol. The third-order valence-corrected chi connectivity index (χ3v) is 3.96. The molecule has 0 fully saturated rings. The molecule has 0 heterocycles. The molecule has 3 nitrogen and oxygen atoms in total. The summed E-state index contributed by atoms with van der Waals surface area (Å²) < 4.78 is 5.26. The summed E-state index contributed by atoms with van der Waals surface area (Å²) >= 11 is 0. The number of esters is 1. The molecule has 2 aromatic rings. The Balaban J connectivity index is 2.32. The maximum atomic E-state index is 13.0. The van der Waals surface area contributed by atoms with Gasteiger partial charge in [-0.3, -0.25) is 9.59 Å². The molecule has 0 radical (unpaired) electrons. The van der Waals surface area contributed by atoms with Gasteiger partial charge >= 0.3 is 5.97 Å². The predicted octanol–water partition coefficient (Wildman–Crippen LogP) is 4.95. The van der Waals surface area contributed by atoms with Crippen LogP contribution in [0.3, 0.4) is 0 Å². The summed E-state index contributed by atoms with van der Waals surface area (Å²) in [5, 5.41) is 1.87. The summed E-state index contributed by atoms with van der Waals surface area (Å²) in [6.45, 7) is 7.72. The van der Waals surface area contributed by atoms with Gasteiger partial charge in [0, 0.05) is 5.56 Å². The molecule has 2 rings (SSSR count). The molecule has 0 saturated carbocycles. The molecule has 0 bridgehead atoms. The Bertz CT molecular complexity index is 740. The van der Waals surface area contributed by atoms with Crippen LogP contribution in [0.25, 0.3) is 10.8 Å². The van der Waals surface area contributed by atoms with Crippen LogP contribution in [0.15, 0.2) is 54.6 Å². The smallest absolute Gasteiger partial charge is 0.317 e. The van der Waals surface area contributed by atoms with Crippen LogP contribution in [0.4, 0.5) is 0 Å². The maximum absolute atomic E-state index is 13.0. The van der Waals surface area contributed by atoms with Gasteiger partial charge in [-0.15, -0.1) is 0 Å². The van der Waals surface area contributed by atoms with Gasteiger partial charge in [0.1, 0.15) is 12.5 Å². The maximum Gasteiger partial charge on any atom is 0.317 e. The van der Waals surface area contributed by atoms with Gasteiger partial charge in [-0.2, -0.15) is 0 Å². The molecular formula is C21H24O3. The lowest BCUT2D eigenvalue weighted by molar-refractivity contribution is -0.145. The standard InChI is InChI=1S/C21H24O3/c1-4-5-11-19(21(23)24-14-15(2)3)20(22)18-13-8-10-16-9-6-7-12-17(16)18/h6-10,12-13,19H,2,4-5,11,14H2,1,3H3. The number of ether oxygens (including phenoxy) is 1. The lowest BCUT2D eigenvalue weighted by atomic mass is 9.90. The van der Waals surface area contributed by atoms with Crippen molar-refractivity contribution in [3.8, 4) is 0 Å². The third kappa shape index (κ3) is 4.31. The van der Waals surface area contributed by atoms with Crippen LogP contribution in [0.5, 0.6) is 0 Å². The lowest BCUT2D eigenvalue weighted by Gasteiger charge is -2.16. The fraction of sp³-hybridized carbons (Fsp3) is 0.333. The Morgan fingerprint density at radius 3 is 2.54 bits per heavy atom. The van der Waals surface area contributed by atoms with Gasteiger partial charge in [0.25, 0.3) is 0 Å². The van der Waals surface area contributed by atoms with E-state index in [1.54, 1.807) is 13.0 Å². The second-order valence-electron chi connectivity index (χ2n) is 6.15. The molecule has 0 N–H and O–H groups in total. The van der Waals surface area contributed by atoms with Gasteiger partial charge in [0.15, 0.2) is 5.78 Å². The highest BCUT2D eigenvalue weighted by molar-refractivity contribution is 6.15. The van der Waals surface area contributed by atoms with Crippen LogP contribution >= 0.6 is 0 Å². The molecule has 0 aliphatic carbocycles. The van der Waals surface area contributed by atoms with Crippen molar-refractivity contribution < 1.29 is 14.3 Å². The second kappa shape index (κ2) is 8.44. The van der Waals surface area contributed by atoms with Crippen molar-refractivity contribution in [1.82, 2.24) is 0 Å². The number of Topliss-reactive ketones (excluding diaryl/α,β-unsaturated/α-hetero) is 1. The number of rotatable bonds is 8. The Labute approximate surface area is 143 Å². The first kappa shape index (κ1) is 17.9. The molecule has 24 heavy (non-hydrogen) atoms. The van der Waals surface area contributed by atoms with Crippen molar-refractivity contribution in [2.75, 3.05) is 6.61 Å². The van der Waals surface area contributed by atoms with Gasteiger partial charge < -0.3 is 4.74 Å². The van der Waals surface area contributed by atoms with E-state index in [4.69, 9.17) is 4.74 Å². The van der Waals surface area contributed by atoms with Crippen molar-refractivity contribution in [2.45, 2.75) is 33.1 Å². The fourth-order valence-electron chi connectivity index (χ4n) is 2.69. The molecule has 3 heteroatoms. The lowest BCUT2D eigenvalue weighted by Crippen LogP contribution is -2.27. The average molecular weight is 324 g/mol. The fourth-order valence-corrected chi connectivity index (χ4v) is 2.69. The van der Waals surface area contributed by atoms with Crippen LogP contribution < -0.4 is 0 Å². The largest absolute Gasteiger partial charge is 0.461 e. The zero-order valence-electron chi connectivity index (χ0n) is 14.4. The molecular weight excluding hydrogens is 300 g/mol. The number of carbonyl (C=O) groups excluding carboxylic acids is 2. The highest BCUT2D eigenvalue weighted by Gasteiger charge is 2.29. The van der Waals surface area contributed by atoms with E-state index in [0.717, 1.165) is 29.2 Å². The van der Waals surface area contributed by atoms with Crippen molar-refractivity contribution >= 4 is 22.5 Å². The van der Waals surface area contributed by atoms with E-state index in [0.29, 0.717) is 12.0 Å². The van der Waals surface area contributed by atoms with E-state index < -0.39 is 11.9 Å². The highest BCUT2D eigenvalue weighted by atomic mass is 16.5. The molecule has 0 spiro atoms. The van der Waals surface area contributed by atoms with Crippen LogP contribution in [0, 0.1) is 5.92 Å². The number of carbonyl (C=O) groups is 2. The quantitative estimate of drug-likeness (QED) is 0.299. The highest BCUT2D eigenvalue weighted by Crippen LogP contribution is 2.24. The Hall–Kier alpha value is -2.42. The van der Waals surface area contributed by atoms with E-state index in [1.165, 1.54) is 0 Å². The van der Waals surface area contributed by atoms with E-state index >= 15 is 0 Å². The van der Waals surface area contributed by atoms with Gasteiger partial charge in [0.05, 0.1) is 0 Å². The van der Waals surface area contributed by atoms with Gasteiger partial charge in [-0.1, -0.05) is 68.8 Å². The summed E-state index contributed by atoms with van der Waals surface area (Å²) in [6.07, 6.45) is 2.24. The topological polar surface area (TPSA) is 43.4 Å². The zero-order chi connectivity index (χ0) is 17.5. The molecule has 0 aliphatic rings. The van der Waals surface area contributed by atoms with Crippen LogP contribution in [0.2, 0.25) is 0 Å². The Kier molecular flexibility index (Phi) is 6.30. The third-order valence-electron chi connectivity index (χ3n) is 3.96. The van der Waals surface area contributed by atoms with Crippen molar-refractivity contribution in [3.05, 3.63) is 60.2 Å². The molecule has 2 aromatic carbocycles. The first-order chi connectivity index (χ1) is 11.5. The van der Waals surface area contributed by atoms with E-state index in [-0.39, 0.29) is 12.4 Å². The number of ketones is 1. The molecule has 0 saturated heterocycles. The Morgan fingerprint density at radius 1 is 1.12 bits per heavy atom. The molecule has 126 valence electrons. The normalized spacial score (nSPS) is 11.9. The zero-order valence-corrected chi connectivity index (χ0v) is 14.4. The number of hydrogen-bond donors (Lipinski definition) is 0. The first-order valence-corrected chi connectivity index (χ1v) is 8.37. The second-order valence-corrected chi connectivity index (χ2v) is 6.15. The number of hydrogen-bond acceptors (Lipinski definition) is 3. The molecule has 0 amide bonds. The van der Waals surface area contributed by atoms with Crippen molar-refractivity contribution in [2.24, 2.45) is 5.92 Å². The number of unbranched alkanes of at least 4 members (excludes halogenated alkanes) is 1. The van der Waals surface area contributed by atoms with Crippen molar-refractivity contribution in [1.29, 1.82) is 0 Å². The van der Waals surface area contributed by atoms with Crippen LogP contribution in [0.1, 0.15) is 43.5 Å². The minimum absolute atomic E-state index is 0.157. The van der Waals surface area contributed by atoms with Gasteiger partial charge in [-0.25, -0.2) is 0 Å². The van der Waals surface area contributed by atoms with E-state index in [2.05, 4.69) is 6.58 Å². The van der Waals surface area contributed by atoms with Gasteiger partial charge in [0.2, 0.25) is 0 Å². The summed E-state index contributed by atoms with van der Waals surface area (Å²) in [7, 11) is 0. The molecule has 1 atom stereocenters. The van der Waals surface area contributed by atoms with Crippen LogP contribution in [-0.2, 0) is 9.53 Å².